The van der Waals surface area contributed by atoms with Crippen molar-refractivity contribution in [1.29, 1.82) is 0 Å². The number of hydrogen-bond acceptors (Lipinski definition) is 2. The molecule has 1 saturated carbocycles. The maximum atomic E-state index is 9.77. The number of rotatable bonds is 3. The molecule has 1 heterocycles. The highest BCUT2D eigenvalue weighted by atomic mass is 16.3. The van der Waals surface area contributed by atoms with Crippen molar-refractivity contribution in [2.24, 2.45) is 5.73 Å². The first-order valence-electron chi connectivity index (χ1n) is 7.96. The van der Waals surface area contributed by atoms with E-state index in [0.29, 0.717) is 24.7 Å². The van der Waals surface area contributed by atoms with Gasteiger partial charge in [-0.05, 0) is 38.3 Å². The van der Waals surface area contributed by atoms with E-state index in [4.69, 9.17) is 5.73 Å². The average molecular weight is 275 g/mol. The van der Waals surface area contributed by atoms with Gasteiger partial charge in [-0.15, -0.1) is 0 Å². The first kappa shape index (κ1) is 14.1. The SMILES string of the molecule is CC1C(C)[N+]1(c1cccc(CN)c1)C1CCC(O)CC1. The number of nitrogens with two attached hydrogens (primary N) is 1. The summed E-state index contributed by atoms with van der Waals surface area (Å²) < 4.78 is 1.11. The van der Waals surface area contributed by atoms with Crippen molar-refractivity contribution < 1.29 is 5.11 Å². The summed E-state index contributed by atoms with van der Waals surface area (Å²) in [5, 5.41) is 9.77. The second-order valence-corrected chi connectivity index (χ2v) is 6.65. The molecule has 1 saturated heterocycles. The average Bonchev–Trinajstić information content (AvgIpc) is 3.03. The van der Waals surface area contributed by atoms with E-state index in [1.54, 1.807) is 0 Å². The van der Waals surface area contributed by atoms with Crippen LogP contribution in [-0.2, 0) is 6.54 Å². The van der Waals surface area contributed by atoms with Gasteiger partial charge in [-0.1, -0.05) is 12.1 Å². The summed E-state index contributed by atoms with van der Waals surface area (Å²) in [5.74, 6) is 0. The Morgan fingerprint density at radius 2 is 1.80 bits per heavy atom. The van der Waals surface area contributed by atoms with E-state index in [0.717, 1.165) is 30.2 Å². The Labute approximate surface area is 122 Å². The Hall–Kier alpha value is -0.900. The van der Waals surface area contributed by atoms with Crippen molar-refractivity contribution in [2.45, 2.75) is 70.3 Å². The topological polar surface area (TPSA) is 46.2 Å². The van der Waals surface area contributed by atoms with E-state index >= 15 is 0 Å². The van der Waals surface area contributed by atoms with E-state index < -0.39 is 0 Å². The number of hydrogen-bond donors (Lipinski definition) is 2. The minimum absolute atomic E-state index is 0.0766. The molecule has 2 fully saturated rings. The Balaban J connectivity index is 1.92. The molecule has 0 amide bonds. The van der Waals surface area contributed by atoms with Crippen LogP contribution >= 0.6 is 0 Å². The molecular formula is C17H27N2O+. The number of aliphatic hydroxyl groups is 1. The summed E-state index contributed by atoms with van der Waals surface area (Å²) in [7, 11) is 0. The highest BCUT2D eigenvalue weighted by Gasteiger charge is 2.65. The van der Waals surface area contributed by atoms with Gasteiger partial charge >= 0.3 is 0 Å². The van der Waals surface area contributed by atoms with Gasteiger partial charge in [-0.3, -0.25) is 4.48 Å². The van der Waals surface area contributed by atoms with Crippen molar-refractivity contribution in [1.82, 2.24) is 4.48 Å². The molecule has 3 rings (SSSR count). The van der Waals surface area contributed by atoms with Gasteiger partial charge in [0.25, 0.3) is 0 Å². The van der Waals surface area contributed by atoms with Crippen LogP contribution in [0, 0.1) is 0 Å². The van der Waals surface area contributed by atoms with Gasteiger partial charge in [-0.25, -0.2) is 0 Å². The normalized spacial score (nSPS) is 40.6. The Bertz CT molecular complexity index is 472. The fraction of sp³-hybridized carbons (Fsp3) is 0.647. The molecule has 3 N–H and O–H groups in total. The number of benzene rings is 1. The fourth-order valence-corrected chi connectivity index (χ4v) is 4.47. The zero-order valence-corrected chi connectivity index (χ0v) is 12.6. The molecule has 0 spiro atoms. The molecule has 110 valence electrons. The minimum atomic E-state index is -0.0766. The molecule has 2 unspecified atom stereocenters. The number of aliphatic hydroxyl groups excluding tert-OH is 1. The molecule has 2 aliphatic rings. The van der Waals surface area contributed by atoms with Crippen LogP contribution in [0.4, 0.5) is 5.69 Å². The van der Waals surface area contributed by atoms with Crippen LogP contribution in [0.2, 0.25) is 0 Å². The molecule has 3 heteroatoms. The standard InChI is InChI=1S/C17H27N2O/c1-12-13(2)19(12,15-6-8-17(20)9-7-15)16-5-3-4-14(10-16)11-18/h3-5,10,12-13,15,17,20H,6-9,11,18H2,1-2H3/q+1. The molecule has 2 atom stereocenters. The van der Waals surface area contributed by atoms with E-state index in [-0.39, 0.29) is 6.10 Å². The zero-order chi connectivity index (χ0) is 14.3. The van der Waals surface area contributed by atoms with Crippen LogP contribution in [0.5, 0.6) is 0 Å². The lowest BCUT2D eigenvalue weighted by Gasteiger charge is -2.35. The summed E-state index contributed by atoms with van der Waals surface area (Å²) in [6.45, 7) is 5.34. The maximum Gasteiger partial charge on any atom is 0.144 e. The summed E-state index contributed by atoms with van der Waals surface area (Å²) in [4.78, 5) is 0. The lowest BCUT2D eigenvalue weighted by molar-refractivity contribution is 0.102. The largest absolute Gasteiger partial charge is 0.393 e. The highest BCUT2D eigenvalue weighted by molar-refractivity contribution is 5.54. The van der Waals surface area contributed by atoms with Crippen LogP contribution in [0.25, 0.3) is 0 Å². The van der Waals surface area contributed by atoms with Gasteiger partial charge in [0, 0.05) is 25.5 Å². The molecule has 3 nitrogen and oxygen atoms in total. The zero-order valence-electron chi connectivity index (χ0n) is 12.6. The molecular weight excluding hydrogens is 248 g/mol. The van der Waals surface area contributed by atoms with Gasteiger partial charge < -0.3 is 10.8 Å². The summed E-state index contributed by atoms with van der Waals surface area (Å²) in [6.07, 6.45) is 4.12. The smallest absolute Gasteiger partial charge is 0.144 e. The number of quaternary nitrogens is 1. The Morgan fingerprint density at radius 3 is 2.35 bits per heavy atom. The maximum absolute atomic E-state index is 9.77. The third-order valence-electron chi connectivity index (χ3n) is 5.82. The van der Waals surface area contributed by atoms with E-state index in [1.807, 2.05) is 0 Å². The van der Waals surface area contributed by atoms with Crippen molar-refractivity contribution in [3.8, 4) is 0 Å². The van der Waals surface area contributed by atoms with Crippen LogP contribution in [0.3, 0.4) is 0 Å². The quantitative estimate of drug-likeness (QED) is 0.658. The van der Waals surface area contributed by atoms with Crippen molar-refractivity contribution in [3.63, 3.8) is 0 Å². The van der Waals surface area contributed by atoms with Crippen molar-refractivity contribution in [2.75, 3.05) is 0 Å². The molecule has 1 aromatic rings. The van der Waals surface area contributed by atoms with Gasteiger partial charge in [-0.2, -0.15) is 0 Å². The molecule has 20 heavy (non-hydrogen) atoms. The number of nitrogens with zero attached hydrogens (tertiary/aromatic N) is 1. The molecule has 0 aromatic heterocycles. The molecule has 1 aromatic carbocycles. The predicted octanol–water partition coefficient (Wildman–Crippen LogP) is 2.55. The van der Waals surface area contributed by atoms with E-state index in [2.05, 4.69) is 38.1 Å². The molecule has 1 aliphatic heterocycles. The second-order valence-electron chi connectivity index (χ2n) is 6.65. The lowest BCUT2D eigenvalue weighted by Crippen LogP contribution is -2.45. The van der Waals surface area contributed by atoms with Crippen LogP contribution in [-0.4, -0.2) is 29.3 Å². The molecule has 0 radical (unpaired) electrons. The second kappa shape index (κ2) is 5.14. The predicted molar refractivity (Wildman–Crippen MR) is 83.3 cm³/mol. The van der Waals surface area contributed by atoms with Crippen molar-refractivity contribution in [3.05, 3.63) is 29.8 Å². The first-order chi connectivity index (χ1) is 9.60. The molecule has 1 aliphatic carbocycles. The highest BCUT2D eigenvalue weighted by Crippen LogP contribution is 2.51. The van der Waals surface area contributed by atoms with Crippen LogP contribution < -0.4 is 10.2 Å². The molecule has 0 bridgehead atoms. The summed E-state index contributed by atoms with van der Waals surface area (Å²) in [6, 6.07) is 10.9. The monoisotopic (exact) mass is 275 g/mol. The van der Waals surface area contributed by atoms with E-state index in [9.17, 15) is 5.11 Å². The summed E-state index contributed by atoms with van der Waals surface area (Å²) in [5.41, 5.74) is 8.46. The van der Waals surface area contributed by atoms with Crippen LogP contribution in [0.15, 0.2) is 24.3 Å². The van der Waals surface area contributed by atoms with Gasteiger partial charge in [0.15, 0.2) is 0 Å². The third-order valence-corrected chi connectivity index (χ3v) is 5.82. The van der Waals surface area contributed by atoms with Gasteiger partial charge in [0.1, 0.15) is 17.8 Å². The minimum Gasteiger partial charge on any atom is -0.393 e. The van der Waals surface area contributed by atoms with Gasteiger partial charge in [0.05, 0.1) is 12.1 Å². The van der Waals surface area contributed by atoms with Gasteiger partial charge in [0.2, 0.25) is 0 Å². The van der Waals surface area contributed by atoms with E-state index in [1.165, 1.54) is 11.3 Å². The Kier molecular flexibility index (Phi) is 3.61. The third kappa shape index (κ3) is 2.00. The first-order valence-corrected chi connectivity index (χ1v) is 7.96. The lowest BCUT2D eigenvalue weighted by atomic mass is 9.91. The van der Waals surface area contributed by atoms with Crippen LogP contribution in [0.1, 0.15) is 45.1 Å². The van der Waals surface area contributed by atoms with Crippen molar-refractivity contribution >= 4 is 5.69 Å². The summed E-state index contributed by atoms with van der Waals surface area (Å²) >= 11 is 0. The Morgan fingerprint density at radius 1 is 1.15 bits per heavy atom. The fourth-order valence-electron chi connectivity index (χ4n) is 4.47.